The second-order valence-electron chi connectivity index (χ2n) is 11.0. The van der Waals surface area contributed by atoms with Crippen molar-refractivity contribution in [2.24, 2.45) is 11.8 Å². The van der Waals surface area contributed by atoms with Gasteiger partial charge < -0.3 is 19.6 Å². The van der Waals surface area contributed by atoms with Gasteiger partial charge in [-0.1, -0.05) is 65.0 Å². The molecule has 36 heavy (non-hydrogen) atoms. The Morgan fingerprint density at radius 1 is 1.14 bits per heavy atom. The summed E-state index contributed by atoms with van der Waals surface area (Å²) in [5, 5.41) is 11.9. The molecule has 7 nitrogen and oxygen atoms in total. The minimum atomic E-state index is -1.99. The van der Waals surface area contributed by atoms with Crippen molar-refractivity contribution in [3.8, 4) is 0 Å². The normalized spacial score (nSPS) is 13.1. The van der Waals surface area contributed by atoms with Gasteiger partial charge in [-0.3, -0.25) is 4.79 Å². The number of carbonyl (C=O) groups is 2. The molecule has 2 aromatic rings. The zero-order valence-electron chi connectivity index (χ0n) is 22.7. The molecular weight excluding hydrogens is 492 g/mol. The summed E-state index contributed by atoms with van der Waals surface area (Å²) < 4.78 is 12.3. The summed E-state index contributed by atoms with van der Waals surface area (Å²) in [6.45, 7) is 16.7. The van der Waals surface area contributed by atoms with Crippen molar-refractivity contribution in [3.63, 3.8) is 0 Å². The third-order valence-corrected chi connectivity index (χ3v) is 12.6. The molecule has 1 heterocycles. The predicted octanol–water partition coefficient (Wildman–Crippen LogP) is 6.54. The predicted molar refractivity (Wildman–Crippen MR) is 147 cm³/mol. The van der Waals surface area contributed by atoms with Crippen molar-refractivity contribution >= 4 is 31.5 Å². The lowest BCUT2D eigenvalue weighted by atomic mass is 9.91. The number of Topliss-reactive ketones (excluding diaryl/α,β-unsaturated/α-hetero) is 1. The van der Waals surface area contributed by atoms with Crippen molar-refractivity contribution in [2.45, 2.75) is 78.8 Å². The molecule has 0 saturated carbocycles. The van der Waals surface area contributed by atoms with Crippen LogP contribution in [0.5, 0.6) is 0 Å². The van der Waals surface area contributed by atoms with Gasteiger partial charge in [-0.25, -0.2) is 9.78 Å². The lowest BCUT2D eigenvalue weighted by Crippen LogP contribution is -2.40. The topological polar surface area (TPSA) is 97.8 Å². The van der Waals surface area contributed by atoms with E-state index in [4.69, 9.17) is 19.3 Å². The van der Waals surface area contributed by atoms with E-state index in [-0.39, 0.29) is 35.6 Å². The second-order valence-corrected chi connectivity index (χ2v) is 16.9. The number of hydrogen-bond donors (Lipinski definition) is 2. The van der Waals surface area contributed by atoms with Crippen LogP contribution in [0.1, 0.15) is 67.0 Å². The number of rotatable bonds is 14. The van der Waals surface area contributed by atoms with E-state index in [1.165, 1.54) is 11.3 Å². The first kappa shape index (κ1) is 30.2. The number of benzene rings is 1. The standard InChI is InChI=1S/C27H42N2O5SSi/c1-19(2)21(16-28-26(31)32)15-23(30)25-29-22(18-34-36(6,7)27(3,4)5)24(35-25)13-14-33-17-20-11-9-8-10-12-20/h8-12,19,21,28H,13-18H2,1-7H3,(H,31,32)/t21-/m0/s1. The fourth-order valence-corrected chi connectivity index (χ4v) is 5.22. The zero-order valence-corrected chi connectivity index (χ0v) is 24.5. The maximum atomic E-state index is 13.2. The molecule has 0 radical (unpaired) electrons. The number of hydrogen-bond acceptors (Lipinski definition) is 6. The molecular formula is C27H42N2O5SSi. The number of ether oxygens (including phenoxy) is 1. The molecule has 0 spiro atoms. The molecule has 0 aliphatic rings. The van der Waals surface area contributed by atoms with Crippen molar-refractivity contribution < 1.29 is 23.9 Å². The highest BCUT2D eigenvalue weighted by Crippen LogP contribution is 2.37. The average molecular weight is 535 g/mol. The molecule has 1 atom stereocenters. The minimum Gasteiger partial charge on any atom is -0.465 e. The molecule has 0 aliphatic heterocycles. The van der Waals surface area contributed by atoms with E-state index < -0.39 is 14.4 Å². The van der Waals surface area contributed by atoms with Gasteiger partial charge in [0.25, 0.3) is 0 Å². The smallest absolute Gasteiger partial charge is 0.404 e. The Morgan fingerprint density at radius 2 is 1.81 bits per heavy atom. The van der Waals surface area contributed by atoms with Crippen LogP contribution < -0.4 is 5.32 Å². The Kier molecular flexibility index (Phi) is 11.3. The van der Waals surface area contributed by atoms with E-state index in [2.05, 4.69) is 39.2 Å². The highest BCUT2D eigenvalue weighted by Gasteiger charge is 2.37. The van der Waals surface area contributed by atoms with Crippen LogP contribution in [-0.2, 0) is 28.8 Å². The van der Waals surface area contributed by atoms with E-state index in [0.717, 1.165) is 16.1 Å². The quantitative estimate of drug-likeness (QED) is 0.162. The number of carboxylic acid groups (broad SMARTS) is 1. The van der Waals surface area contributed by atoms with Crippen LogP contribution in [0.4, 0.5) is 4.79 Å². The molecule has 1 aromatic heterocycles. The number of carbonyl (C=O) groups excluding carboxylic acids is 1. The van der Waals surface area contributed by atoms with Crippen molar-refractivity contribution in [2.75, 3.05) is 13.2 Å². The molecule has 9 heteroatoms. The average Bonchev–Trinajstić information content (AvgIpc) is 3.21. The molecule has 200 valence electrons. The van der Waals surface area contributed by atoms with Crippen molar-refractivity contribution in [1.82, 2.24) is 10.3 Å². The second kappa shape index (κ2) is 13.5. The largest absolute Gasteiger partial charge is 0.465 e. The highest BCUT2D eigenvalue weighted by atomic mass is 32.1. The van der Waals surface area contributed by atoms with Crippen LogP contribution >= 0.6 is 11.3 Å². The molecule has 0 aliphatic carbocycles. The summed E-state index contributed by atoms with van der Waals surface area (Å²) in [6, 6.07) is 10.0. The van der Waals surface area contributed by atoms with Crippen molar-refractivity contribution in [1.29, 1.82) is 0 Å². The fraction of sp³-hybridized carbons (Fsp3) is 0.593. The molecule has 2 N–H and O–H groups in total. The highest BCUT2D eigenvalue weighted by molar-refractivity contribution is 7.13. The maximum absolute atomic E-state index is 13.2. The summed E-state index contributed by atoms with van der Waals surface area (Å²) in [4.78, 5) is 29.8. The maximum Gasteiger partial charge on any atom is 0.404 e. The van der Waals surface area contributed by atoms with Gasteiger partial charge in [0.15, 0.2) is 19.1 Å². The van der Waals surface area contributed by atoms with Crippen LogP contribution in [0.25, 0.3) is 0 Å². The Bertz CT molecular complexity index is 986. The molecule has 0 fully saturated rings. The monoisotopic (exact) mass is 534 g/mol. The third-order valence-electron chi connectivity index (χ3n) is 6.88. The van der Waals surface area contributed by atoms with Crippen LogP contribution in [0.15, 0.2) is 30.3 Å². The Morgan fingerprint density at radius 3 is 2.39 bits per heavy atom. The zero-order chi connectivity index (χ0) is 26.9. The van der Waals surface area contributed by atoms with E-state index in [1.807, 2.05) is 44.2 Å². The van der Waals surface area contributed by atoms with Gasteiger partial charge in [-0.15, -0.1) is 11.3 Å². The van der Waals surface area contributed by atoms with Crippen LogP contribution in [0.2, 0.25) is 18.1 Å². The summed E-state index contributed by atoms with van der Waals surface area (Å²) in [7, 11) is -1.99. The first-order valence-corrected chi connectivity index (χ1v) is 16.3. The number of nitrogens with zero attached hydrogens (tertiary/aromatic N) is 1. The van der Waals surface area contributed by atoms with Crippen LogP contribution in [0.3, 0.4) is 0 Å². The van der Waals surface area contributed by atoms with Gasteiger partial charge >= 0.3 is 6.09 Å². The fourth-order valence-electron chi connectivity index (χ4n) is 3.29. The Hall–Kier alpha value is -2.07. The van der Waals surface area contributed by atoms with E-state index in [9.17, 15) is 9.59 Å². The molecule has 0 saturated heterocycles. The Balaban J connectivity index is 2.14. The van der Waals surface area contributed by atoms with Crippen LogP contribution in [0, 0.1) is 11.8 Å². The summed E-state index contributed by atoms with van der Waals surface area (Å²) in [5.41, 5.74) is 1.93. The van der Waals surface area contributed by atoms with Gasteiger partial charge in [0.1, 0.15) is 0 Å². The van der Waals surface area contributed by atoms with Gasteiger partial charge in [0.05, 0.1) is 25.5 Å². The molecule has 1 aromatic carbocycles. The summed E-state index contributed by atoms with van der Waals surface area (Å²) in [5.74, 6) is 0.00557. The summed E-state index contributed by atoms with van der Waals surface area (Å²) in [6.07, 6.45) is -0.176. The van der Waals surface area contributed by atoms with Gasteiger partial charge in [-0.05, 0) is 35.5 Å². The lowest BCUT2D eigenvalue weighted by molar-refractivity contribution is 0.0945. The van der Waals surface area contributed by atoms with Gasteiger partial charge in [-0.2, -0.15) is 0 Å². The summed E-state index contributed by atoms with van der Waals surface area (Å²) >= 11 is 1.41. The lowest BCUT2D eigenvalue weighted by Gasteiger charge is -2.36. The first-order valence-electron chi connectivity index (χ1n) is 12.5. The van der Waals surface area contributed by atoms with Crippen molar-refractivity contribution in [3.05, 3.63) is 51.5 Å². The molecule has 2 rings (SSSR count). The Labute approximate surface area is 220 Å². The first-order chi connectivity index (χ1) is 16.8. The minimum absolute atomic E-state index is 0.0593. The van der Waals surface area contributed by atoms with Crippen LogP contribution in [-0.4, -0.2) is 43.4 Å². The van der Waals surface area contributed by atoms with E-state index >= 15 is 0 Å². The number of amides is 1. The van der Waals surface area contributed by atoms with Gasteiger partial charge in [0, 0.05) is 24.3 Å². The van der Waals surface area contributed by atoms with Gasteiger partial charge in [0.2, 0.25) is 0 Å². The van der Waals surface area contributed by atoms with E-state index in [0.29, 0.717) is 31.2 Å². The number of thiazole rings is 1. The third kappa shape index (κ3) is 9.42. The molecule has 1 amide bonds. The number of nitrogens with one attached hydrogen (secondary N) is 1. The SMILES string of the molecule is CC(C)[C@H](CNC(=O)O)CC(=O)c1nc(CO[Si](C)(C)C(C)(C)C)c(CCOCc2ccccc2)s1. The molecule has 0 bridgehead atoms. The molecule has 0 unspecified atom stereocenters. The number of aromatic nitrogens is 1. The van der Waals surface area contributed by atoms with E-state index in [1.54, 1.807) is 0 Å². The number of ketones is 1.